The Morgan fingerprint density at radius 1 is 1.12 bits per heavy atom. The lowest BCUT2D eigenvalue weighted by Gasteiger charge is -2.13. The normalized spacial score (nSPS) is 16.0. The molecule has 1 heterocycles. The van der Waals surface area contributed by atoms with Crippen LogP contribution in [0, 0.1) is 5.82 Å². The van der Waals surface area contributed by atoms with E-state index in [0.29, 0.717) is 16.2 Å². The Bertz CT molecular complexity index is 879. The van der Waals surface area contributed by atoms with Gasteiger partial charge in [0.2, 0.25) is 0 Å². The minimum atomic E-state index is -0.439. The number of hydrogen-bond acceptors (Lipinski definition) is 4. The molecule has 1 aliphatic heterocycles. The van der Waals surface area contributed by atoms with Gasteiger partial charge in [0.1, 0.15) is 11.6 Å². The maximum Gasteiger partial charge on any atom is 0.293 e. The number of imide groups is 1. The van der Waals surface area contributed by atoms with Crippen molar-refractivity contribution in [1.82, 2.24) is 4.90 Å². The molecule has 2 aromatic rings. The van der Waals surface area contributed by atoms with Gasteiger partial charge >= 0.3 is 0 Å². The first-order chi connectivity index (χ1) is 12.5. The van der Waals surface area contributed by atoms with E-state index >= 15 is 0 Å². The molecule has 1 aliphatic rings. The van der Waals surface area contributed by atoms with Crippen molar-refractivity contribution >= 4 is 29.0 Å². The minimum Gasteiger partial charge on any atom is -0.490 e. The van der Waals surface area contributed by atoms with Crippen molar-refractivity contribution in [2.45, 2.75) is 26.5 Å². The van der Waals surface area contributed by atoms with Crippen molar-refractivity contribution in [1.29, 1.82) is 0 Å². The second kappa shape index (κ2) is 7.74. The van der Waals surface area contributed by atoms with Gasteiger partial charge in [-0.3, -0.25) is 14.5 Å². The highest BCUT2D eigenvalue weighted by Crippen LogP contribution is 2.35. The Kier molecular flexibility index (Phi) is 5.42. The number of nitrogens with zero attached hydrogens (tertiary/aromatic N) is 1. The van der Waals surface area contributed by atoms with E-state index < -0.39 is 17.0 Å². The van der Waals surface area contributed by atoms with E-state index in [1.807, 2.05) is 38.1 Å². The number of carbonyl (C=O) groups excluding carboxylic acids is 2. The van der Waals surface area contributed by atoms with Crippen LogP contribution in [0.5, 0.6) is 5.75 Å². The summed E-state index contributed by atoms with van der Waals surface area (Å²) < 4.78 is 19.6. The van der Waals surface area contributed by atoms with Crippen LogP contribution >= 0.6 is 11.8 Å². The van der Waals surface area contributed by atoms with E-state index in [4.69, 9.17) is 4.74 Å². The van der Waals surface area contributed by atoms with Gasteiger partial charge in [-0.2, -0.15) is 0 Å². The molecular formula is C20H18FNO3S. The summed E-state index contributed by atoms with van der Waals surface area (Å²) in [5, 5.41) is -0.410. The molecule has 0 radical (unpaired) electrons. The third kappa shape index (κ3) is 3.96. The van der Waals surface area contributed by atoms with Crippen molar-refractivity contribution in [3.63, 3.8) is 0 Å². The van der Waals surface area contributed by atoms with Gasteiger partial charge in [-0.1, -0.05) is 36.4 Å². The summed E-state index contributed by atoms with van der Waals surface area (Å²) in [5.74, 6) is -0.225. The first-order valence-corrected chi connectivity index (χ1v) is 9.02. The number of carbonyl (C=O) groups is 2. The summed E-state index contributed by atoms with van der Waals surface area (Å²) in [5.41, 5.74) is 1.03. The summed E-state index contributed by atoms with van der Waals surface area (Å²) in [7, 11) is 0. The molecule has 0 atom stereocenters. The van der Waals surface area contributed by atoms with E-state index in [2.05, 4.69) is 0 Å². The number of amides is 2. The molecule has 2 amide bonds. The maximum atomic E-state index is 13.8. The molecule has 0 saturated carbocycles. The SMILES string of the molecule is CC(C)Oc1ccccc1/C=C1\SC(=O)N(Cc2ccccc2F)C1=O. The molecule has 134 valence electrons. The van der Waals surface area contributed by atoms with Crippen molar-refractivity contribution in [2.24, 2.45) is 0 Å². The average molecular weight is 371 g/mol. The standard InChI is InChI=1S/C20H18FNO3S/c1-13(2)25-17-10-6-4-7-14(17)11-18-19(23)22(20(24)26-18)12-15-8-3-5-9-16(15)21/h3-11,13H,12H2,1-2H3/b18-11-. The first kappa shape index (κ1) is 18.2. The quantitative estimate of drug-likeness (QED) is 0.705. The summed E-state index contributed by atoms with van der Waals surface area (Å²) in [6.07, 6.45) is 1.63. The Morgan fingerprint density at radius 3 is 2.54 bits per heavy atom. The number of benzene rings is 2. The van der Waals surface area contributed by atoms with Crippen LogP contribution in [0.4, 0.5) is 9.18 Å². The fourth-order valence-electron chi connectivity index (χ4n) is 2.54. The summed E-state index contributed by atoms with van der Waals surface area (Å²) >= 11 is 0.850. The molecule has 6 heteroatoms. The molecular weight excluding hydrogens is 353 g/mol. The maximum absolute atomic E-state index is 13.8. The van der Waals surface area contributed by atoms with Crippen molar-refractivity contribution in [3.05, 3.63) is 70.4 Å². The molecule has 1 saturated heterocycles. The second-order valence-electron chi connectivity index (χ2n) is 6.06. The van der Waals surface area contributed by atoms with Gasteiger partial charge in [0.25, 0.3) is 11.1 Å². The molecule has 0 spiro atoms. The van der Waals surface area contributed by atoms with Gasteiger partial charge in [0.05, 0.1) is 17.6 Å². The number of para-hydroxylation sites is 1. The Labute approximate surface area is 155 Å². The lowest BCUT2D eigenvalue weighted by molar-refractivity contribution is -0.123. The van der Waals surface area contributed by atoms with E-state index in [-0.39, 0.29) is 12.6 Å². The summed E-state index contributed by atoms with van der Waals surface area (Å²) in [4.78, 5) is 26.2. The van der Waals surface area contributed by atoms with Gasteiger partial charge in [0, 0.05) is 11.1 Å². The zero-order valence-corrected chi connectivity index (χ0v) is 15.3. The van der Waals surface area contributed by atoms with Crippen molar-refractivity contribution < 1.29 is 18.7 Å². The Morgan fingerprint density at radius 2 is 1.81 bits per heavy atom. The zero-order valence-electron chi connectivity index (χ0n) is 14.4. The van der Waals surface area contributed by atoms with Crippen LogP contribution in [-0.4, -0.2) is 22.2 Å². The highest BCUT2D eigenvalue weighted by Gasteiger charge is 2.35. The van der Waals surface area contributed by atoms with E-state index in [0.717, 1.165) is 22.2 Å². The van der Waals surface area contributed by atoms with Crippen molar-refractivity contribution in [2.75, 3.05) is 0 Å². The fourth-order valence-corrected chi connectivity index (χ4v) is 3.36. The van der Waals surface area contributed by atoms with Gasteiger partial charge in [-0.25, -0.2) is 4.39 Å². The molecule has 26 heavy (non-hydrogen) atoms. The summed E-state index contributed by atoms with van der Waals surface area (Å²) in [6, 6.07) is 13.4. The van der Waals surface area contributed by atoms with Crippen LogP contribution in [0.1, 0.15) is 25.0 Å². The zero-order chi connectivity index (χ0) is 18.7. The Balaban J connectivity index is 1.85. The van der Waals surface area contributed by atoms with Gasteiger partial charge < -0.3 is 4.74 Å². The molecule has 3 rings (SSSR count). The monoisotopic (exact) mass is 371 g/mol. The molecule has 0 unspecified atom stereocenters. The van der Waals surface area contributed by atoms with Crippen LogP contribution < -0.4 is 4.74 Å². The number of hydrogen-bond donors (Lipinski definition) is 0. The smallest absolute Gasteiger partial charge is 0.293 e. The van der Waals surface area contributed by atoms with E-state index in [1.165, 1.54) is 6.07 Å². The highest BCUT2D eigenvalue weighted by atomic mass is 32.2. The van der Waals surface area contributed by atoms with Crippen LogP contribution in [0.3, 0.4) is 0 Å². The van der Waals surface area contributed by atoms with Crippen LogP contribution in [0.2, 0.25) is 0 Å². The lowest BCUT2D eigenvalue weighted by atomic mass is 10.1. The highest BCUT2D eigenvalue weighted by molar-refractivity contribution is 8.18. The van der Waals surface area contributed by atoms with Gasteiger partial charge in [-0.15, -0.1) is 0 Å². The second-order valence-corrected chi connectivity index (χ2v) is 7.06. The number of rotatable bonds is 5. The largest absolute Gasteiger partial charge is 0.490 e. The molecule has 0 aliphatic carbocycles. The topological polar surface area (TPSA) is 46.6 Å². The van der Waals surface area contributed by atoms with Crippen LogP contribution in [0.25, 0.3) is 6.08 Å². The molecule has 0 bridgehead atoms. The van der Waals surface area contributed by atoms with Gasteiger partial charge in [0.15, 0.2) is 0 Å². The molecule has 2 aromatic carbocycles. The van der Waals surface area contributed by atoms with Crippen LogP contribution in [0.15, 0.2) is 53.4 Å². The Hall–Kier alpha value is -2.60. The minimum absolute atomic E-state index is 0.0133. The van der Waals surface area contributed by atoms with Crippen LogP contribution in [-0.2, 0) is 11.3 Å². The third-order valence-corrected chi connectivity index (χ3v) is 4.64. The predicted molar refractivity (Wildman–Crippen MR) is 100 cm³/mol. The molecule has 4 nitrogen and oxygen atoms in total. The van der Waals surface area contributed by atoms with Gasteiger partial charge in [-0.05, 0) is 43.8 Å². The fraction of sp³-hybridized carbons (Fsp3) is 0.200. The predicted octanol–water partition coefficient (Wildman–Crippen LogP) is 4.85. The molecule has 0 aromatic heterocycles. The third-order valence-electron chi connectivity index (χ3n) is 3.73. The summed E-state index contributed by atoms with van der Waals surface area (Å²) in [6.45, 7) is 3.75. The molecule has 0 N–H and O–H groups in total. The molecule has 1 fully saturated rings. The number of ether oxygens (including phenoxy) is 1. The van der Waals surface area contributed by atoms with E-state index in [9.17, 15) is 14.0 Å². The average Bonchev–Trinajstić information content (AvgIpc) is 2.85. The lowest BCUT2D eigenvalue weighted by Crippen LogP contribution is -2.27. The van der Waals surface area contributed by atoms with Crippen molar-refractivity contribution in [3.8, 4) is 5.75 Å². The number of halogens is 1. The number of thioether (sulfide) groups is 1. The first-order valence-electron chi connectivity index (χ1n) is 8.20. The van der Waals surface area contributed by atoms with E-state index in [1.54, 1.807) is 24.3 Å².